The first kappa shape index (κ1) is 14.1. The minimum Gasteiger partial charge on any atom is -0.478 e. The first-order valence-corrected chi connectivity index (χ1v) is 6.56. The lowest BCUT2D eigenvalue weighted by molar-refractivity contribution is 0.0696. The predicted molar refractivity (Wildman–Crippen MR) is 79.8 cm³/mol. The molecular formula is C16H18N2O2. The number of rotatable bonds is 4. The number of aromatic nitrogens is 1. The molecule has 1 aromatic heterocycles. The fraction of sp³-hybridized carbons (Fsp3) is 0.250. The number of aromatic carboxylic acids is 1. The smallest absolute Gasteiger partial charge is 0.335 e. The monoisotopic (exact) mass is 270 g/mol. The quantitative estimate of drug-likeness (QED) is 0.925. The van der Waals surface area contributed by atoms with Crippen LogP contribution in [-0.4, -0.2) is 23.1 Å². The third-order valence-electron chi connectivity index (χ3n) is 3.21. The van der Waals surface area contributed by atoms with Crippen LogP contribution in [0.2, 0.25) is 0 Å². The highest BCUT2D eigenvalue weighted by Gasteiger charge is 2.12. The van der Waals surface area contributed by atoms with E-state index in [9.17, 15) is 9.90 Å². The van der Waals surface area contributed by atoms with E-state index in [0.29, 0.717) is 12.2 Å². The summed E-state index contributed by atoms with van der Waals surface area (Å²) in [7, 11) is 1.89. The van der Waals surface area contributed by atoms with E-state index < -0.39 is 5.97 Å². The van der Waals surface area contributed by atoms with Gasteiger partial charge < -0.3 is 10.0 Å². The summed E-state index contributed by atoms with van der Waals surface area (Å²) >= 11 is 0. The zero-order chi connectivity index (χ0) is 14.7. The standard InChI is InChI=1S/C16H18N2O2/c1-4-13-9-12(16(19)20)10-15(17-13)18(3)14-7-5-6-11(2)8-14/h5-10H,4H2,1-3H3,(H,19,20). The van der Waals surface area contributed by atoms with Crippen LogP contribution in [0.4, 0.5) is 11.5 Å². The van der Waals surface area contributed by atoms with E-state index in [0.717, 1.165) is 16.9 Å². The van der Waals surface area contributed by atoms with Gasteiger partial charge >= 0.3 is 5.97 Å². The van der Waals surface area contributed by atoms with Gasteiger partial charge in [-0.3, -0.25) is 0 Å². The van der Waals surface area contributed by atoms with E-state index in [1.54, 1.807) is 12.1 Å². The van der Waals surface area contributed by atoms with Crippen molar-refractivity contribution in [1.29, 1.82) is 0 Å². The van der Waals surface area contributed by atoms with Crippen LogP contribution in [-0.2, 0) is 6.42 Å². The topological polar surface area (TPSA) is 53.4 Å². The molecular weight excluding hydrogens is 252 g/mol. The van der Waals surface area contributed by atoms with Crippen molar-refractivity contribution in [2.75, 3.05) is 11.9 Å². The van der Waals surface area contributed by atoms with Crippen molar-refractivity contribution < 1.29 is 9.90 Å². The number of carboxylic acids is 1. The van der Waals surface area contributed by atoms with Crippen molar-refractivity contribution >= 4 is 17.5 Å². The summed E-state index contributed by atoms with van der Waals surface area (Å²) in [5.74, 6) is -0.284. The van der Waals surface area contributed by atoms with Gasteiger partial charge in [-0.1, -0.05) is 19.1 Å². The van der Waals surface area contributed by atoms with Gasteiger partial charge in [0.2, 0.25) is 0 Å². The van der Waals surface area contributed by atoms with E-state index >= 15 is 0 Å². The lowest BCUT2D eigenvalue weighted by atomic mass is 10.1. The average molecular weight is 270 g/mol. The molecule has 0 spiro atoms. The third-order valence-corrected chi connectivity index (χ3v) is 3.21. The van der Waals surface area contributed by atoms with Gasteiger partial charge in [0.25, 0.3) is 0 Å². The Kier molecular flexibility index (Phi) is 4.03. The molecule has 0 amide bonds. The van der Waals surface area contributed by atoms with Crippen LogP contribution in [0, 0.1) is 6.92 Å². The lowest BCUT2D eigenvalue weighted by Crippen LogP contribution is -2.13. The van der Waals surface area contributed by atoms with Crippen LogP contribution in [0.5, 0.6) is 0 Å². The molecule has 1 aromatic carbocycles. The molecule has 0 bridgehead atoms. The number of hydrogen-bond donors (Lipinski definition) is 1. The molecule has 0 aliphatic rings. The largest absolute Gasteiger partial charge is 0.478 e. The van der Waals surface area contributed by atoms with Gasteiger partial charge in [0, 0.05) is 18.4 Å². The first-order chi connectivity index (χ1) is 9.51. The summed E-state index contributed by atoms with van der Waals surface area (Å²) in [5.41, 5.74) is 3.19. The van der Waals surface area contributed by atoms with Crippen LogP contribution >= 0.6 is 0 Å². The minimum atomic E-state index is -0.930. The highest BCUT2D eigenvalue weighted by Crippen LogP contribution is 2.24. The van der Waals surface area contributed by atoms with Gasteiger partial charge in [0.05, 0.1) is 5.56 Å². The van der Waals surface area contributed by atoms with Crippen molar-refractivity contribution in [1.82, 2.24) is 4.98 Å². The zero-order valence-corrected chi connectivity index (χ0v) is 11.9. The van der Waals surface area contributed by atoms with Gasteiger partial charge in [-0.2, -0.15) is 0 Å². The van der Waals surface area contributed by atoms with Gasteiger partial charge in [0.15, 0.2) is 0 Å². The van der Waals surface area contributed by atoms with Crippen molar-refractivity contribution in [3.63, 3.8) is 0 Å². The highest BCUT2D eigenvalue weighted by molar-refractivity contribution is 5.89. The molecule has 1 heterocycles. The number of carboxylic acid groups (broad SMARTS) is 1. The van der Waals surface area contributed by atoms with E-state index in [1.165, 1.54) is 0 Å². The SMILES string of the molecule is CCc1cc(C(=O)O)cc(N(C)c2cccc(C)c2)n1. The van der Waals surface area contributed by atoms with Gasteiger partial charge in [-0.05, 0) is 43.2 Å². The Bertz CT molecular complexity index is 638. The molecule has 0 unspecified atom stereocenters. The summed E-state index contributed by atoms with van der Waals surface area (Å²) < 4.78 is 0. The normalized spacial score (nSPS) is 10.3. The molecule has 4 heteroatoms. The van der Waals surface area contributed by atoms with Gasteiger partial charge in [-0.25, -0.2) is 9.78 Å². The predicted octanol–water partition coefficient (Wildman–Crippen LogP) is 3.42. The lowest BCUT2D eigenvalue weighted by Gasteiger charge is -2.20. The Hall–Kier alpha value is -2.36. The summed E-state index contributed by atoms with van der Waals surface area (Å²) in [6, 6.07) is 11.2. The highest BCUT2D eigenvalue weighted by atomic mass is 16.4. The Morgan fingerprint density at radius 2 is 2.05 bits per heavy atom. The maximum atomic E-state index is 11.2. The zero-order valence-electron chi connectivity index (χ0n) is 11.9. The van der Waals surface area contributed by atoms with Gasteiger partial charge in [0.1, 0.15) is 5.82 Å². The molecule has 0 saturated heterocycles. The first-order valence-electron chi connectivity index (χ1n) is 6.56. The minimum absolute atomic E-state index is 0.270. The number of hydrogen-bond acceptors (Lipinski definition) is 3. The number of nitrogens with zero attached hydrogens (tertiary/aromatic N) is 2. The number of benzene rings is 1. The molecule has 1 N–H and O–H groups in total. The molecule has 0 saturated carbocycles. The second-order valence-electron chi connectivity index (χ2n) is 4.76. The Balaban J connectivity index is 2.45. The molecule has 20 heavy (non-hydrogen) atoms. The molecule has 2 rings (SSSR count). The van der Waals surface area contributed by atoms with E-state index in [-0.39, 0.29) is 5.56 Å². The Labute approximate surface area is 118 Å². The molecule has 4 nitrogen and oxygen atoms in total. The second-order valence-corrected chi connectivity index (χ2v) is 4.76. The van der Waals surface area contributed by atoms with Crippen LogP contribution in [0.3, 0.4) is 0 Å². The van der Waals surface area contributed by atoms with Crippen LogP contribution < -0.4 is 4.90 Å². The summed E-state index contributed by atoms with van der Waals surface area (Å²) in [6.45, 7) is 3.99. The van der Waals surface area contributed by atoms with Crippen LogP contribution in [0.1, 0.15) is 28.5 Å². The van der Waals surface area contributed by atoms with Crippen molar-refractivity contribution in [3.05, 3.63) is 53.2 Å². The average Bonchev–Trinajstić information content (AvgIpc) is 2.45. The molecule has 0 fully saturated rings. The fourth-order valence-corrected chi connectivity index (χ4v) is 2.02. The van der Waals surface area contributed by atoms with E-state index in [1.807, 2.05) is 50.1 Å². The van der Waals surface area contributed by atoms with Crippen molar-refractivity contribution in [2.45, 2.75) is 20.3 Å². The number of carbonyl (C=O) groups is 1. The second kappa shape index (κ2) is 5.74. The number of pyridine rings is 1. The van der Waals surface area contributed by atoms with E-state index in [4.69, 9.17) is 0 Å². The van der Waals surface area contributed by atoms with E-state index in [2.05, 4.69) is 4.98 Å². The number of aryl methyl sites for hydroxylation is 2. The molecule has 0 aliphatic carbocycles. The number of anilines is 2. The molecule has 0 aliphatic heterocycles. The molecule has 0 radical (unpaired) electrons. The van der Waals surface area contributed by atoms with Crippen LogP contribution in [0.25, 0.3) is 0 Å². The molecule has 0 atom stereocenters. The third kappa shape index (κ3) is 2.96. The molecule has 2 aromatic rings. The van der Waals surface area contributed by atoms with Crippen LogP contribution in [0.15, 0.2) is 36.4 Å². The Morgan fingerprint density at radius 3 is 2.65 bits per heavy atom. The maximum Gasteiger partial charge on any atom is 0.335 e. The fourth-order valence-electron chi connectivity index (χ4n) is 2.02. The van der Waals surface area contributed by atoms with Gasteiger partial charge in [-0.15, -0.1) is 0 Å². The van der Waals surface area contributed by atoms with Crippen molar-refractivity contribution in [2.24, 2.45) is 0 Å². The van der Waals surface area contributed by atoms with Crippen molar-refractivity contribution in [3.8, 4) is 0 Å². The Morgan fingerprint density at radius 1 is 1.30 bits per heavy atom. The summed E-state index contributed by atoms with van der Waals surface area (Å²) in [5, 5.41) is 9.18. The summed E-state index contributed by atoms with van der Waals surface area (Å²) in [6.07, 6.45) is 0.704. The maximum absolute atomic E-state index is 11.2. The molecule has 104 valence electrons. The summed E-state index contributed by atoms with van der Waals surface area (Å²) in [4.78, 5) is 17.6.